The highest BCUT2D eigenvalue weighted by Crippen LogP contribution is 2.27. The van der Waals surface area contributed by atoms with E-state index in [0.29, 0.717) is 0 Å². The second kappa shape index (κ2) is 7.22. The summed E-state index contributed by atoms with van der Waals surface area (Å²) in [6, 6.07) is 8.82. The van der Waals surface area contributed by atoms with Gasteiger partial charge in [-0.15, -0.1) is 0 Å². The van der Waals surface area contributed by atoms with E-state index in [4.69, 9.17) is 4.74 Å². The Balaban J connectivity index is 2.31. The van der Waals surface area contributed by atoms with E-state index in [-0.39, 0.29) is 6.04 Å². The average Bonchev–Trinajstić information content (AvgIpc) is 2.47. The summed E-state index contributed by atoms with van der Waals surface area (Å²) < 4.78 is 6.74. The lowest BCUT2D eigenvalue weighted by Crippen LogP contribution is -2.20. The maximum absolute atomic E-state index is 5.49. The van der Waals surface area contributed by atoms with Gasteiger partial charge in [0, 0.05) is 39.1 Å². The van der Waals surface area contributed by atoms with Crippen molar-refractivity contribution in [1.29, 1.82) is 0 Å². The molecule has 1 aromatic carbocycles. The number of aromatic nitrogens is 1. The molecule has 2 aromatic rings. The van der Waals surface area contributed by atoms with Crippen LogP contribution in [0.5, 0.6) is 5.75 Å². The molecule has 0 aliphatic heterocycles. The Labute approximate surface area is 140 Å². The number of halogens is 1. The SMILES string of the molecule is CNC(Cc1ncc(C)c(OC)c1C)c1cccc(I)c1. The quantitative estimate of drug-likeness (QED) is 0.781. The van der Waals surface area contributed by atoms with E-state index in [2.05, 4.69) is 64.1 Å². The fourth-order valence-electron chi connectivity index (χ4n) is 2.58. The number of methoxy groups -OCH3 is 1. The smallest absolute Gasteiger partial charge is 0.128 e. The standard InChI is InChI=1S/C17H21IN2O/c1-11-10-20-15(12(2)17(11)21-4)9-16(19-3)13-6-5-7-14(18)8-13/h5-8,10,16,19H,9H2,1-4H3. The van der Waals surface area contributed by atoms with E-state index < -0.39 is 0 Å². The molecule has 1 N–H and O–H groups in total. The molecule has 1 unspecified atom stereocenters. The van der Waals surface area contributed by atoms with Crippen LogP contribution in [0.3, 0.4) is 0 Å². The molecular weight excluding hydrogens is 375 g/mol. The molecule has 3 nitrogen and oxygen atoms in total. The number of nitrogens with zero attached hydrogens (tertiary/aromatic N) is 1. The zero-order valence-electron chi connectivity index (χ0n) is 12.9. The van der Waals surface area contributed by atoms with Gasteiger partial charge in [0.1, 0.15) is 5.75 Å². The number of aryl methyl sites for hydroxylation is 1. The van der Waals surface area contributed by atoms with Gasteiger partial charge in [-0.05, 0) is 61.2 Å². The molecule has 0 aliphatic carbocycles. The topological polar surface area (TPSA) is 34.2 Å². The van der Waals surface area contributed by atoms with Gasteiger partial charge in [-0.25, -0.2) is 0 Å². The molecule has 0 bridgehead atoms. The van der Waals surface area contributed by atoms with Gasteiger partial charge < -0.3 is 10.1 Å². The largest absolute Gasteiger partial charge is 0.496 e. The van der Waals surface area contributed by atoms with Crippen molar-refractivity contribution in [2.75, 3.05) is 14.2 Å². The number of nitrogens with one attached hydrogen (secondary N) is 1. The monoisotopic (exact) mass is 396 g/mol. The number of benzene rings is 1. The highest BCUT2D eigenvalue weighted by Gasteiger charge is 2.15. The lowest BCUT2D eigenvalue weighted by Gasteiger charge is -2.19. The predicted octanol–water partition coefficient (Wildman–Crippen LogP) is 3.81. The highest BCUT2D eigenvalue weighted by atomic mass is 127. The van der Waals surface area contributed by atoms with Gasteiger partial charge in [0.05, 0.1) is 7.11 Å². The minimum atomic E-state index is 0.248. The van der Waals surface area contributed by atoms with Crippen LogP contribution in [-0.2, 0) is 6.42 Å². The maximum atomic E-state index is 5.49. The highest BCUT2D eigenvalue weighted by molar-refractivity contribution is 14.1. The van der Waals surface area contributed by atoms with Crippen LogP contribution in [-0.4, -0.2) is 19.1 Å². The second-order valence-corrected chi connectivity index (χ2v) is 6.39. The van der Waals surface area contributed by atoms with E-state index in [9.17, 15) is 0 Å². The summed E-state index contributed by atoms with van der Waals surface area (Å²) in [6.07, 6.45) is 2.74. The molecule has 0 saturated carbocycles. The molecule has 1 atom stereocenters. The van der Waals surface area contributed by atoms with Crippen molar-refractivity contribution in [3.63, 3.8) is 0 Å². The summed E-state index contributed by atoms with van der Waals surface area (Å²) >= 11 is 2.35. The molecule has 1 aromatic heterocycles. The van der Waals surface area contributed by atoms with Gasteiger partial charge in [0.25, 0.3) is 0 Å². The van der Waals surface area contributed by atoms with E-state index >= 15 is 0 Å². The summed E-state index contributed by atoms with van der Waals surface area (Å²) in [5, 5.41) is 3.39. The van der Waals surface area contributed by atoms with E-state index in [1.54, 1.807) is 7.11 Å². The minimum Gasteiger partial charge on any atom is -0.496 e. The van der Waals surface area contributed by atoms with Gasteiger partial charge in [-0.1, -0.05) is 12.1 Å². The Morgan fingerprint density at radius 1 is 1.33 bits per heavy atom. The molecule has 1 heterocycles. The summed E-state index contributed by atoms with van der Waals surface area (Å²) in [6.45, 7) is 4.10. The van der Waals surface area contributed by atoms with Crippen molar-refractivity contribution in [2.24, 2.45) is 0 Å². The van der Waals surface area contributed by atoms with Crippen LogP contribution >= 0.6 is 22.6 Å². The lowest BCUT2D eigenvalue weighted by molar-refractivity contribution is 0.406. The van der Waals surface area contributed by atoms with Gasteiger partial charge >= 0.3 is 0 Å². The summed E-state index contributed by atoms with van der Waals surface area (Å²) in [7, 11) is 3.71. The third kappa shape index (κ3) is 3.74. The molecule has 0 fully saturated rings. The normalized spacial score (nSPS) is 12.2. The second-order valence-electron chi connectivity index (χ2n) is 5.15. The van der Waals surface area contributed by atoms with Crippen molar-refractivity contribution in [1.82, 2.24) is 10.3 Å². The van der Waals surface area contributed by atoms with Crippen LogP contribution in [0, 0.1) is 17.4 Å². The molecular formula is C17H21IN2O. The number of ether oxygens (including phenoxy) is 1. The van der Waals surface area contributed by atoms with Gasteiger partial charge in [-0.3, -0.25) is 4.98 Å². The van der Waals surface area contributed by atoms with Crippen LogP contribution in [0.2, 0.25) is 0 Å². The Morgan fingerprint density at radius 2 is 2.10 bits per heavy atom. The molecule has 0 aliphatic rings. The first kappa shape index (κ1) is 16.2. The number of hydrogen-bond donors (Lipinski definition) is 1. The van der Waals surface area contributed by atoms with Crippen molar-refractivity contribution in [2.45, 2.75) is 26.3 Å². The van der Waals surface area contributed by atoms with Gasteiger partial charge in [0.15, 0.2) is 0 Å². The molecule has 0 saturated heterocycles. The van der Waals surface area contributed by atoms with Crippen molar-refractivity contribution >= 4 is 22.6 Å². The van der Waals surface area contributed by atoms with Crippen molar-refractivity contribution < 1.29 is 4.74 Å². The summed E-state index contributed by atoms with van der Waals surface area (Å²) in [4.78, 5) is 4.60. The number of likely N-dealkylation sites (N-methyl/N-ethyl adjacent to an activating group) is 1. The Morgan fingerprint density at radius 3 is 2.71 bits per heavy atom. The molecule has 21 heavy (non-hydrogen) atoms. The Hall–Kier alpha value is -1.14. The van der Waals surface area contributed by atoms with Gasteiger partial charge in [0.2, 0.25) is 0 Å². The van der Waals surface area contributed by atoms with Crippen LogP contribution in [0.15, 0.2) is 30.5 Å². The number of rotatable bonds is 5. The Bertz CT molecular complexity index is 628. The zero-order valence-corrected chi connectivity index (χ0v) is 15.1. The Kier molecular flexibility index (Phi) is 5.58. The average molecular weight is 396 g/mol. The first-order chi connectivity index (χ1) is 10.1. The zero-order chi connectivity index (χ0) is 15.4. The van der Waals surface area contributed by atoms with Crippen LogP contribution in [0.4, 0.5) is 0 Å². The molecule has 112 valence electrons. The minimum absolute atomic E-state index is 0.248. The third-order valence-corrected chi connectivity index (χ3v) is 4.42. The predicted molar refractivity (Wildman–Crippen MR) is 94.9 cm³/mol. The molecule has 4 heteroatoms. The van der Waals surface area contributed by atoms with Crippen molar-refractivity contribution in [3.8, 4) is 5.75 Å². The molecule has 0 spiro atoms. The fourth-order valence-corrected chi connectivity index (χ4v) is 3.15. The maximum Gasteiger partial charge on any atom is 0.128 e. The van der Waals surface area contributed by atoms with Crippen LogP contribution in [0.25, 0.3) is 0 Å². The third-order valence-electron chi connectivity index (χ3n) is 3.75. The summed E-state index contributed by atoms with van der Waals surface area (Å²) in [5.41, 5.74) is 4.57. The molecule has 2 rings (SSSR count). The van der Waals surface area contributed by atoms with E-state index in [1.807, 2.05) is 20.2 Å². The van der Waals surface area contributed by atoms with Gasteiger partial charge in [-0.2, -0.15) is 0 Å². The lowest BCUT2D eigenvalue weighted by atomic mass is 9.99. The summed E-state index contributed by atoms with van der Waals surface area (Å²) in [5.74, 6) is 0.942. The van der Waals surface area contributed by atoms with E-state index in [0.717, 1.165) is 29.0 Å². The molecule has 0 radical (unpaired) electrons. The van der Waals surface area contributed by atoms with E-state index in [1.165, 1.54) is 9.13 Å². The molecule has 0 amide bonds. The first-order valence-corrected chi connectivity index (χ1v) is 8.06. The first-order valence-electron chi connectivity index (χ1n) is 6.98. The fraction of sp³-hybridized carbons (Fsp3) is 0.353. The van der Waals surface area contributed by atoms with Crippen LogP contribution in [0.1, 0.15) is 28.4 Å². The van der Waals surface area contributed by atoms with Crippen molar-refractivity contribution in [3.05, 3.63) is 56.4 Å². The number of pyridine rings is 1. The number of hydrogen-bond acceptors (Lipinski definition) is 3. The van der Waals surface area contributed by atoms with Crippen LogP contribution < -0.4 is 10.1 Å².